The van der Waals surface area contributed by atoms with Gasteiger partial charge in [-0.2, -0.15) is 0 Å². The Labute approximate surface area is 107 Å². The SMILES string of the molecule is C=COC(C(C)C)C(OC=C)(C(C)C)C(C)C. The second-order valence-corrected chi connectivity index (χ2v) is 5.41. The van der Waals surface area contributed by atoms with Crippen molar-refractivity contribution in [3.05, 3.63) is 25.7 Å². The third-order valence-corrected chi connectivity index (χ3v) is 3.39. The van der Waals surface area contributed by atoms with Crippen molar-refractivity contribution < 1.29 is 9.47 Å². The van der Waals surface area contributed by atoms with Gasteiger partial charge in [0, 0.05) is 0 Å². The van der Waals surface area contributed by atoms with E-state index >= 15 is 0 Å². The Hall–Kier alpha value is -0.920. The molecule has 0 amide bonds. The lowest BCUT2D eigenvalue weighted by Gasteiger charge is -2.46. The maximum absolute atomic E-state index is 5.92. The van der Waals surface area contributed by atoms with Crippen LogP contribution < -0.4 is 0 Å². The fourth-order valence-electron chi connectivity index (χ4n) is 2.70. The normalized spacial score (nSPS) is 13.9. The van der Waals surface area contributed by atoms with Crippen LogP contribution in [-0.2, 0) is 9.47 Å². The Morgan fingerprint density at radius 3 is 1.59 bits per heavy atom. The smallest absolute Gasteiger partial charge is 0.149 e. The molecule has 0 N–H and O–H groups in total. The van der Waals surface area contributed by atoms with Crippen molar-refractivity contribution >= 4 is 0 Å². The first-order valence-corrected chi connectivity index (χ1v) is 6.39. The molecule has 0 saturated carbocycles. The van der Waals surface area contributed by atoms with E-state index in [1.54, 1.807) is 0 Å². The summed E-state index contributed by atoms with van der Waals surface area (Å²) in [7, 11) is 0. The molecule has 0 bridgehead atoms. The summed E-state index contributed by atoms with van der Waals surface area (Å²) in [4.78, 5) is 0. The Kier molecular flexibility index (Phi) is 6.36. The summed E-state index contributed by atoms with van der Waals surface area (Å²) in [6, 6.07) is 0. The molecule has 17 heavy (non-hydrogen) atoms. The molecule has 0 aliphatic carbocycles. The highest BCUT2D eigenvalue weighted by Gasteiger charge is 2.48. The summed E-state index contributed by atoms with van der Waals surface area (Å²) in [6.45, 7) is 20.3. The van der Waals surface area contributed by atoms with Crippen LogP contribution in [0.1, 0.15) is 41.5 Å². The summed E-state index contributed by atoms with van der Waals surface area (Å²) >= 11 is 0. The highest BCUT2D eigenvalue weighted by molar-refractivity contribution is 4.98. The van der Waals surface area contributed by atoms with Crippen LogP contribution in [0.25, 0.3) is 0 Å². The quantitative estimate of drug-likeness (QED) is 0.586. The summed E-state index contributed by atoms with van der Waals surface area (Å²) in [5.41, 5.74) is -0.371. The number of ether oxygens (including phenoxy) is 2. The minimum Gasteiger partial charge on any atom is -0.494 e. The maximum Gasteiger partial charge on any atom is 0.149 e. The van der Waals surface area contributed by atoms with Crippen molar-refractivity contribution in [2.75, 3.05) is 0 Å². The van der Waals surface area contributed by atoms with E-state index in [4.69, 9.17) is 9.47 Å². The lowest BCUT2D eigenvalue weighted by molar-refractivity contribution is -0.158. The van der Waals surface area contributed by atoms with Crippen LogP contribution in [0.5, 0.6) is 0 Å². The Balaban J connectivity index is 5.49. The molecule has 100 valence electrons. The minimum atomic E-state index is -0.371. The van der Waals surface area contributed by atoms with Crippen LogP contribution in [-0.4, -0.2) is 11.7 Å². The predicted octanol–water partition coefficient (Wildman–Crippen LogP) is 4.38. The van der Waals surface area contributed by atoms with Crippen LogP contribution in [0.3, 0.4) is 0 Å². The van der Waals surface area contributed by atoms with Crippen molar-refractivity contribution in [3.8, 4) is 0 Å². The Morgan fingerprint density at radius 1 is 0.882 bits per heavy atom. The highest BCUT2D eigenvalue weighted by atomic mass is 16.5. The third kappa shape index (κ3) is 3.27. The molecule has 0 aliphatic heterocycles. The fourth-order valence-corrected chi connectivity index (χ4v) is 2.70. The van der Waals surface area contributed by atoms with Gasteiger partial charge in [0.15, 0.2) is 0 Å². The average molecular weight is 240 g/mol. The molecule has 1 atom stereocenters. The second kappa shape index (κ2) is 6.73. The van der Waals surface area contributed by atoms with E-state index in [9.17, 15) is 0 Å². The lowest BCUT2D eigenvalue weighted by atomic mass is 9.72. The van der Waals surface area contributed by atoms with Gasteiger partial charge in [-0.25, -0.2) is 0 Å². The summed E-state index contributed by atoms with van der Waals surface area (Å²) < 4.78 is 11.7. The van der Waals surface area contributed by atoms with Gasteiger partial charge in [0.1, 0.15) is 11.7 Å². The van der Waals surface area contributed by atoms with E-state index in [0.29, 0.717) is 17.8 Å². The van der Waals surface area contributed by atoms with E-state index < -0.39 is 0 Å². The molecule has 0 aromatic carbocycles. The van der Waals surface area contributed by atoms with Gasteiger partial charge >= 0.3 is 0 Å². The van der Waals surface area contributed by atoms with Crippen molar-refractivity contribution in [2.24, 2.45) is 17.8 Å². The fraction of sp³-hybridized carbons (Fsp3) is 0.733. The van der Waals surface area contributed by atoms with E-state index in [2.05, 4.69) is 54.7 Å². The molecule has 2 nitrogen and oxygen atoms in total. The Morgan fingerprint density at radius 2 is 1.35 bits per heavy atom. The van der Waals surface area contributed by atoms with Gasteiger partial charge in [-0.05, 0) is 17.8 Å². The van der Waals surface area contributed by atoms with Crippen molar-refractivity contribution in [2.45, 2.75) is 53.2 Å². The molecule has 0 saturated heterocycles. The molecule has 0 rings (SSSR count). The lowest BCUT2D eigenvalue weighted by Crippen LogP contribution is -2.55. The monoisotopic (exact) mass is 240 g/mol. The first-order valence-electron chi connectivity index (χ1n) is 6.39. The van der Waals surface area contributed by atoms with Crippen LogP contribution in [0.15, 0.2) is 25.7 Å². The first-order chi connectivity index (χ1) is 7.84. The molecule has 1 unspecified atom stereocenters. The summed E-state index contributed by atoms with van der Waals surface area (Å²) in [5.74, 6) is 0.999. The molecular weight excluding hydrogens is 212 g/mol. The molecule has 2 heteroatoms. The number of hydrogen-bond acceptors (Lipinski definition) is 2. The maximum atomic E-state index is 5.92. The van der Waals surface area contributed by atoms with Gasteiger partial charge in [-0.15, -0.1) is 0 Å². The van der Waals surface area contributed by atoms with Crippen molar-refractivity contribution in [1.29, 1.82) is 0 Å². The molecule has 0 fully saturated rings. The van der Waals surface area contributed by atoms with E-state index in [1.807, 2.05) is 0 Å². The molecule has 0 heterocycles. The van der Waals surface area contributed by atoms with Gasteiger partial charge in [-0.3, -0.25) is 0 Å². The zero-order valence-electron chi connectivity index (χ0n) is 12.2. The molecule has 0 radical (unpaired) electrons. The largest absolute Gasteiger partial charge is 0.494 e. The standard InChI is InChI=1S/C15H28O2/c1-9-16-14(11(3)4)15(12(5)6,13(7)8)17-10-2/h9-14H,1-2H2,3-8H3. The molecular formula is C15H28O2. The van der Waals surface area contributed by atoms with Crippen molar-refractivity contribution in [3.63, 3.8) is 0 Å². The van der Waals surface area contributed by atoms with Gasteiger partial charge < -0.3 is 9.47 Å². The third-order valence-electron chi connectivity index (χ3n) is 3.39. The van der Waals surface area contributed by atoms with Crippen molar-refractivity contribution in [1.82, 2.24) is 0 Å². The first kappa shape index (κ1) is 16.1. The number of hydrogen-bond donors (Lipinski definition) is 0. The summed E-state index contributed by atoms with van der Waals surface area (Å²) in [5, 5.41) is 0. The molecule has 0 aromatic heterocycles. The zero-order chi connectivity index (χ0) is 13.6. The topological polar surface area (TPSA) is 18.5 Å². The van der Waals surface area contributed by atoms with E-state index in [-0.39, 0.29) is 11.7 Å². The predicted molar refractivity (Wildman–Crippen MR) is 73.6 cm³/mol. The minimum absolute atomic E-state index is 0.0296. The van der Waals surface area contributed by atoms with E-state index in [0.717, 1.165) is 0 Å². The highest BCUT2D eigenvalue weighted by Crippen LogP contribution is 2.39. The summed E-state index contributed by atoms with van der Waals surface area (Å²) in [6.07, 6.45) is 3.01. The van der Waals surface area contributed by atoms with Gasteiger partial charge in [-0.1, -0.05) is 54.7 Å². The van der Waals surface area contributed by atoms with Gasteiger partial charge in [0.2, 0.25) is 0 Å². The molecule has 0 spiro atoms. The second-order valence-electron chi connectivity index (χ2n) is 5.41. The van der Waals surface area contributed by atoms with Gasteiger partial charge in [0.05, 0.1) is 12.5 Å². The average Bonchev–Trinajstić information content (AvgIpc) is 2.21. The van der Waals surface area contributed by atoms with Gasteiger partial charge in [0.25, 0.3) is 0 Å². The molecule has 0 aliphatic rings. The number of rotatable bonds is 8. The zero-order valence-corrected chi connectivity index (χ0v) is 12.2. The Bertz CT molecular complexity index is 233. The molecule has 0 aromatic rings. The van der Waals surface area contributed by atoms with Crippen LogP contribution in [0.2, 0.25) is 0 Å². The van der Waals surface area contributed by atoms with Crippen LogP contribution in [0.4, 0.5) is 0 Å². The van der Waals surface area contributed by atoms with Crippen LogP contribution in [0, 0.1) is 17.8 Å². The van der Waals surface area contributed by atoms with Crippen LogP contribution >= 0.6 is 0 Å². The van der Waals surface area contributed by atoms with E-state index in [1.165, 1.54) is 12.5 Å².